The van der Waals surface area contributed by atoms with Crippen LogP contribution in [-0.2, 0) is 9.59 Å². The molecule has 0 radical (unpaired) electrons. The molecule has 0 atom stereocenters. The summed E-state index contributed by atoms with van der Waals surface area (Å²) in [5.74, 6) is 0.531. The van der Waals surface area contributed by atoms with Gasteiger partial charge in [-0.2, -0.15) is 0 Å². The molecular weight excluding hydrogens is 176 g/mol. The second-order valence-corrected chi connectivity index (χ2v) is 3.32. The van der Waals surface area contributed by atoms with Gasteiger partial charge in [-0.25, -0.2) is 0 Å². The fraction of sp³-hybridized carbons (Fsp3) is 0.833. The molecule has 0 aromatic carbocycles. The molecule has 2 nitrogen and oxygen atoms in total. The van der Waals surface area contributed by atoms with E-state index in [1.165, 1.54) is 0 Å². The Kier molecular flexibility index (Phi) is 13.9. The number of Topliss-reactive ketones (excluding diaryl/α,β-unsaturated/α-hetero) is 2. The normalized spacial score (nSPS) is 8.86. The molecule has 0 aliphatic rings. The summed E-state index contributed by atoms with van der Waals surface area (Å²) < 4.78 is 0. The third-order valence-electron chi connectivity index (χ3n) is 1.81. The Morgan fingerprint density at radius 1 is 0.714 bits per heavy atom. The van der Waals surface area contributed by atoms with Crippen molar-refractivity contribution in [2.24, 2.45) is 0 Å². The smallest absolute Gasteiger partial charge is 0.129 e. The van der Waals surface area contributed by atoms with Crippen molar-refractivity contribution in [1.82, 2.24) is 0 Å². The first-order chi connectivity index (χ1) is 6.63. The maximum Gasteiger partial charge on any atom is 0.129 e. The molecular formula is C12H24O2. The molecule has 0 aromatic rings. The van der Waals surface area contributed by atoms with Crippen LogP contribution in [0.1, 0.15) is 66.2 Å². The third kappa shape index (κ3) is 17.4. The van der Waals surface area contributed by atoms with Gasteiger partial charge in [0.05, 0.1) is 0 Å². The quantitative estimate of drug-likeness (QED) is 0.589. The van der Waals surface area contributed by atoms with E-state index >= 15 is 0 Å². The molecule has 0 unspecified atom stereocenters. The summed E-state index contributed by atoms with van der Waals surface area (Å²) in [6.07, 6.45) is 5.50. The van der Waals surface area contributed by atoms with Crippen LogP contribution < -0.4 is 0 Å². The van der Waals surface area contributed by atoms with Crippen molar-refractivity contribution in [1.29, 1.82) is 0 Å². The van der Waals surface area contributed by atoms with Crippen LogP contribution in [0.5, 0.6) is 0 Å². The second kappa shape index (κ2) is 12.3. The van der Waals surface area contributed by atoms with Gasteiger partial charge in [-0.15, -0.1) is 0 Å². The van der Waals surface area contributed by atoms with E-state index in [1.807, 2.05) is 13.8 Å². The lowest BCUT2D eigenvalue weighted by Gasteiger charge is -1.97. The van der Waals surface area contributed by atoms with Crippen molar-refractivity contribution in [3.05, 3.63) is 0 Å². The Morgan fingerprint density at radius 2 is 1.00 bits per heavy atom. The number of carbonyl (C=O) groups excluding carboxylic acids is 2. The molecule has 0 spiro atoms. The van der Waals surface area contributed by atoms with E-state index in [0.29, 0.717) is 12.8 Å². The molecule has 0 aliphatic carbocycles. The van der Waals surface area contributed by atoms with Crippen molar-refractivity contribution in [2.75, 3.05) is 0 Å². The molecule has 0 rings (SSSR count). The van der Waals surface area contributed by atoms with Gasteiger partial charge in [0.1, 0.15) is 11.6 Å². The SMILES string of the molecule is CC.CC(=O)CCCCCCC(C)=O. The largest absolute Gasteiger partial charge is 0.300 e. The van der Waals surface area contributed by atoms with Crippen molar-refractivity contribution in [3.8, 4) is 0 Å². The van der Waals surface area contributed by atoms with Crippen molar-refractivity contribution in [3.63, 3.8) is 0 Å². The standard InChI is InChI=1S/C10H18O2.C2H6/c1-9(11)7-5-3-4-6-8-10(2)12;1-2/h3-8H2,1-2H3;1-2H3. The average molecular weight is 200 g/mol. The van der Waals surface area contributed by atoms with Gasteiger partial charge in [-0.05, 0) is 26.7 Å². The topological polar surface area (TPSA) is 34.1 Å². The minimum absolute atomic E-state index is 0.265. The minimum Gasteiger partial charge on any atom is -0.300 e. The zero-order chi connectivity index (χ0) is 11.4. The third-order valence-corrected chi connectivity index (χ3v) is 1.81. The van der Waals surface area contributed by atoms with Gasteiger partial charge in [0, 0.05) is 12.8 Å². The molecule has 0 saturated carbocycles. The van der Waals surface area contributed by atoms with Crippen LogP contribution in [0.4, 0.5) is 0 Å². The van der Waals surface area contributed by atoms with E-state index in [2.05, 4.69) is 0 Å². The van der Waals surface area contributed by atoms with Crippen molar-refractivity contribution < 1.29 is 9.59 Å². The lowest BCUT2D eigenvalue weighted by Crippen LogP contribution is -1.91. The lowest BCUT2D eigenvalue weighted by molar-refractivity contribution is -0.118. The molecule has 0 N–H and O–H groups in total. The fourth-order valence-corrected chi connectivity index (χ4v) is 1.10. The molecule has 0 fully saturated rings. The predicted molar refractivity (Wildman–Crippen MR) is 60.4 cm³/mol. The predicted octanol–water partition coefficient (Wildman–Crippen LogP) is 3.53. The maximum atomic E-state index is 10.5. The molecule has 0 heterocycles. The zero-order valence-corrected chi connectivity index (χ0v) is 10.1. The van der Waals surface area contributed by atoms with Crippen LogP contribution in [0.2, 0.25) is 0 Å². The van der Waals surface area contributed by atoms with Crippen LogP contribution in [0.15, 0.2) is 0 Å². The van der Waals surface area contributed by atoms with Crippen molar-refractivity contribution >= 4 is 11.6 Å². The summed E-state index contributed by atoms with van der Waals surface area (Å²) >= 11 is 0. The van der Waals surface area contributed by atoms with Gasteiger partial charge in [0.15, 0.2) is 0 Å². The van der Waals surface area contributed by atoms with Gasteiger partial charge in [-0.3, -0.25) is 0 Å². The monoisotopic (exact) mass is 200 g/mol. The Morgan fingerprint density at radius 3 is 1.21 bits per heavy atom. The van der Waals surface area contributed by atoms with E-state index in [1.54, 1.807) is 13.8 Å². The first-order valence-corrected chi connectivity index (χ1v) is 5.62. The molecule has 0 aromatic heterocycles. The first kappa shape index (κ1) is 15.8. The average Bonchev–Trinajstić information content (AvgIpc) is 2.13. The Bertz CT molecular complexity index is 132. The molecule has 14 heavy (non-hydrogen) atoms. The van der Waals surface area contributed by atoms with Crippen LogP contribution >= 0.6 is 0 Å². The zero-order valence-electron chi connectivity index (χ0n) is 10.1. The molecule has 0 bridgehead atoms. The number of rotatable bonds is 7. The van der Waals surface area contributed by atoms with Crippen molar-refractivity contribution in [2.45, 2.75) is 66.2 Å². The number of hydrogen-bond donors (Lipinski definition) is 0. The number of ketones is 2. The van der Waals surface area contributed by atoms with E-state index in [4.69, 9.17) is 0 Å². The summed E-state index contributed by atoms with van der Waals surface area (Å²) in [5.41, 5.74) is 0. The Balaban J connectivity index is 0. The highest BCUT2D eigenvalue weighted by molar-refractivity contribution is 5.75. The Labute approximate surface area is 88.1 Å². The summed E-state index contributed by atoms with van der Waals surface area (Å²) in [6.45, 7) is 7.24. The Hall–Kier alpha value is -0.660. The van der Waals surface area contributed by atoms with Gasteiger partial charge in [-0.1, -0.05) is 26.7 Å². The molecule has 2 heteroatoms. The maximum absolute atomic E-state index is 10.5. The van der Waals surface area contributed by atoms with E-state index in [0.717, 1.165) is 25.7 Å². The summed E-state index contributed by atoms with van der Waals surface area (Å²) in [6, 6.07) is 0. The summed E-state index contributed by atoms with van der Waals surface area (Å²) in [4.78, 5) is 21.1. The van der Waals surface area contributed by atoms with Crippen LogP contribution in [-0.4, -0.2) is 11.6 Å². The van der Waals surface area contributed by atoms with Gasteiger partial charge in [0.2, 0.25) is 0 Å². The minimum atomic E-state index is 0.265. The highest BCUT2D eigenvalue weighted by Gasteiger charge is 1.95. The number of hydrogen-bond acceptors (Lipinski definition) is 2. The number of carbonyl (C=O) groups is 2. The fourth-order valence-electron chi connectivity index (χ4n) is 1.10. The molecule has 0 saturated heterocycles. The van der Waals surface area contributed by atoms with Gasteiger partial charge in [0.25, 0.3) is 0 Å². The molecule has 0 aliphatic heterocycles. The highest BCUT2D eigenvalue weighted by Crippen LogP contribution is 2.05. The van der Waals surface area contributed by atoms with E-state index in [9.17, 15) is 9.59 Å². The van der Waals surface area contributed by atoms with Gasteiger partial charge < -0.3 is 9.59 Å². The molecule has 84 valence electrons. The molecule has 0 amide bonds. The first-order valence-electron chi connectivity index (χ1n) is 5.62. The van der Waals surface area contributed by atoms with Gasteiger partial charge >= 0.3 is 0 Å². The highest BCUT2D eigenvalue weighted by atomic mass is 16.1. The van der Waals surface area contributed by atoms with Crippen LogP contribution in [0.25, 0.3) is 0 Å². The van der Waals surface area contributed by atoms with Crippen LogP contribution in [0, 0.1) is 0 Å². The summed E-state index contributed by atoms with van der Waals surface area (Å²) in [7, 11) is 0. The lowest BCUT2D eigenvalue weighted by atomic mass is 10.1. The number of unbranched alkanes of at least 4 members (excludes halogenated alkanes) is 3. The second-order valence-electron chi connectivity index (χ2n) is 3.32. The van der Waals surface area contributed by atoms with E-state index in [-0.39, 0.29) is 11.6 Å². The summed E-state index contributed by atoms with van der Waals surface area (Å²) in [5, 5.41) is 0. The van der Waals surface area contributed by atoms with Crippen LogP contribution in [0.3, 0.4) is 0 Å². The van der Waals surface area contributed by atoms with E-state index < -0.39 is 0 Å².